The van der Waals surface area contributed by atoms with Crippen molar-refractivity contribution < 1.29 is 17.9 Å². The molecule has 0 spiro atoms. The molecule has 25 heavy (non-hydrogen) atoms. The highest BCUT2D eigenvalue weighted by atomic mass is 127. The molecular formula is C16H24F3IN4O. The molecule has 1 heterocycles. The largest absolute Gasteiger partial charge is 0.573 e. The van der Waals surface area contributed by atoms with Gasteiger partial charge in [-0.2, -0.15) is 0 Å². The molecule has 0 radical (unpaired) electrons. The second kappa shape index (κ2) is 10.7. The summed E-state index contributed by atoms with van der Waals surface area (Å²) in [4.78, 5) is 6.58. The maximum absolute atomic E-state index is 12.1. The quantitative estimate of drug-likeness (QED) is 0.380. The fraction of sp³-hybridized carbons (Fsp3) is 0.562. The molecule has 0 atom stereocenters. The zero-order valence-corrected chi connectivity index (χ0v) is 16.2. The minimum atomic E-state index is -4.68. The van der Waals surface area contributed by atoms with Gasteiger partial charge in [0.1, 0.15) is 5.75 Å². The molecule has 1 saturated heterocycles. The molecule has 1 aliphatic heterocycles. The fourth-order valence-corrected chi connectivity index (χ4v) is 2.55. The van der Waals surface area contributed by atoms with E-state index in [4.69, 9.17) is 5.73 Å². The van der Waals surface area contributed by atoms with E-state index in [2.05, 4.69) is 19.9 Å². The van der Waals surface area contributed by atoms with Gasteiger partial charge in [-0.25, -0.2) is 4.99 Å². The van der Waals surface area contributed by atoms with Gasteiger partial charge in [-0.3, -0.25) is 0 Å². The van der Waals surface area contributed by atoms with Crippen LogP contribution < -0.4 is 15.8 Å². The van der Waals surface area contributed by atoms with Crippen LogP contribution in [0.5, 0.6) is 5.75 Å². The molecule has 9 heteroatoms. The molecule has 0 bridgehead atoms. The van der Waals surface area contributed by atoms with Gasteiger partial charge in [0.05, 0.1) is 6.54 Å². The minimum absolute atomic E-state index is 0. The summed E-state index contributed by atoms with van der Waals surface area (Å²) in [7, 11) is 0. The predicted molar refractivity (Wildman–Crippen MR) is 102 cm³/mol. The highest BCUT2D eigenvalue weighted by molar-refractivity contribution is 14.0. The molecule has 0 unspecified atom stereocenters. The van der Waals surface area contributed by atoms with Crippen LogP contribution in [0.3, 0.4) is 0 Å². The van der Waals surface area contributed by atoms with Crippen molar-refractivity contribution in [2.45, 2.75) is 32.2 Å². The van der Waals surface area contributed by atoms with E-state index < -0.39 is 6.36 Å². The van der Waals surface area contributed by atoms with Crippen LogP contribution in [-0.4, -0.2) is 43.4 Å². The van der Waals surface area contributed by atoms with Crippen molar-refractivity contribution in [3.05, 3.63) is 29.8 Å². The lowest BCUT2D eigenvalue weighted by atomic mass is 10.1. The number of rotatable bonds is 6. The van der Waals surface area contributed by atoms with Crippen molar-refractivity contribution in [1.82, 2.24) is 10.2 Å². The third-order valence-corrected chi connectivity index (χ3v) is 3.77. The first-order chi connectivity index (χ1) is 11.4. The van der Waals surface area contributed by atoms with Crippen LogP contribution in [0, 0.1) is 0 Å². The van der Waals surface area contributed by atoms with E-state index in [1.54, 1.807) is 0 Å². The average molecular weight is 472 g/mol. The molecule has 1 aromatic carbocycles. The van der Waals surface area contributed by atoms with Crippen molar-refractivity contribution in [3.8, 4) is 5.75 Å². The number of benzene rings is 1. The lowest BCUT2D eigenvalue weighted by molar-refractivity contribution is -0.274. The lowest BCUT2D eigenvalue weighted by Crippen LogP contribution is -2.40. The third-order valence-electron chi connectivity index (χ3n) is 3.77. The number of likely N-dealkylation sites (tertiary alicyclic amines) is 1. The zero-order chi connectivity index (χ0) is 17.4. The summed E-state index contributed by atoms with van der Waals surface area (Å²) < 4.78 is 40.0. The second-order valence-corrected chi connectivity index (χ2v) is 5.72. The van der Waals surface area contributed by atoms with Crippen LogP contribution >= 0.6 is 24.0 Å². The average Bonchev–Trinajstić information content (AvgIpc) is 2.54. The van der Waals surface area contributed by atoms with Gasteiger partial charge in [-0.1, -0.05) is 18.6 Å². The summed E-state index contributed by atoms with van der Waals surface area (Å²) in [6.45, 7) is 4.22. The van der Waals surface area contributed by atoms with Gasteiger partial charge in [-0.05, 0) is 43.6 Å². The first kappa shape index (κ1) is 21.8. The number of nitrogens with two attached hydrogens (primary N) is 1. The van der Waals surface area contributed by atoms with E-state index in [9.17, 15) is 13.2 Å². The smallest absolute Gasteiger partial charge is 0.406 e. The van der Waals surface area contributed by atoms with Gasteiger partial charge in [0, 0.05) is 13.1 Å². The molecule has 0 aliphatic carbocycles. The molecule has 3 N–H and O–H groups in total. The van der Waals surface area contributed by atoms with Crippen LogP contribution in [0.1, 0.15) is 24.8 Å². The van der Waals surface area contributed by atoms with Crippen molar-refractivity contribution in [2.24, 2.45) is 10.7 Å². The monoisotopic (exact) mass is 472 g/mol. The molecule has 1 aliphatic rings. The normalized spacial score (nSPS) is 16.2. The number of hydrogen-bond acceptors (Lipinski definition) is 3. The third kappa shape index (κ3) is 9.15. The fourth-order valence-electron chi connectivity index (χ4n) is 2.55. The number of alkyl halides is 3. The number of piperidine rings is 1. The molecule has 0 saturated carbocycles. The Morgan fingerprint density at radius 3 is 2.40 bits per heavy atom. The first-order valence-corrected chi connectivity index (χ1v) is 8.03. The second-order valence-electron chi connectivity index (χ2n) is 5.72. The van der Waals surface area contributed by atoms with Crippen molar-refractivity contribution >= 4 is 29.9 Å². The molecule has 0 amide bonds. The Kier molecular flexibility index (Phi) is 9.33. The van der Waals surface area contributed by atoms with Gasteiger partial charge in [0.25, 0.3) is 0 Å². The van der Waals surface area contributed by atoms with E-state index in [0.29, 0.717) is 12.5 Å². The Morgan fingerprint density at radius 1 is 1.16 bits per heavy atom. The van der Waals surface area contributed by atoms with Gasteiger partial charge in [0.15, 0.2) is 5.96 Å². The van der Waals surface area contributed by atoms with Crippen molar-refractivity contribution in [3.63, 3.8) is 0 Å². The SMILES string of the molecule is I.NC(=NCc1ccc(OC(F)(F)F)cc1)NCCN1CCCCC1. The Balaban J connectivity index is 0.00000312. The highest BCUT2D eigenvalue weighted by Gasteiger charge is 2.30. The van der Waals surface area contributed by atoms with E-state index in [-0.39, 0.29) is 29.7 Å². The lowest BCUT2D eigenvalue weighted by Gasteiger charge is -2.26. The first-order valence-electron chi connectivity index (χ1n) is 8.03. The van der Waals surface area contributed by atoms with Crippen LogP contribution in [-0.2, 0) is 6.54 Å². The summed E-state index contributed by atoms with van der Waals surface area (Å²) in [5.41, 5.74) is 6.55. The predicted octanol–water partition coefficient (Wildman–Crippen LogP) is 3.09. The van der Waals surface area contributed by atoms with Crippen molar-refractivity contribution in [2.75, 3.05) is 26.2 Å². The van der Waals surface area contributed by atoms with E-state index >= 15 is 0 Å². The number of halogens is 4. The summed E-state index contributed by atoms with van der Waals surface area (Å²) in [6, 6.07) is 5.59. The van der Waals surface area contributed by atoms with Crippen LogP contribution in [0.25, 0.3) is 0 Å². The Morgan fingerprint density at radius 2 is 1.80 bits per heavy atom. The Hall–Kier alpha value is -1.23. The maximum atomic E-state index is 12.1. The number of nitrogens with zero attached hydrogens (tertiary/aromatic N) is 2. The topological polar surface area (TPSA) is 62.9 Å². The number of guanidine groups is 1. The summed E-state index contributed by atoms with van der Waals surface area (Å²) >= 11 is 0. The van der Waals surface area contributed by atoms with Gasteiger partial charge >= 0.3 is 6.36 Å². The Labute approximate surface area is 162 Å². The molecule has 2 rings (SSSR count). The van der Waals surface area contributed by atoms with E-state index in [1.165, 1.54) is 43.5 Å². The molecule has 0 aromatic heterocycles. The van der Waals surface area contributed by atoms with Gasteiger partial charge in [0.2, 0.25) is 0 Å². The summed E-state index contributed by atoms with van der Waals surface area (Å²) in [6.07, 6.45) is -0.877. The number of aliphatic imine (C=N–C) groups is 1. The zero-order valence-electron chi connectivity index (χ0n) is 13.9. The summed E-state index contributed by atoms with van der Waals surface area (Å²) in [5.74, 6) is 0.0884. The maximum Gasteiger partial charge on any atom is 0.573 e. The summed E-state index contributed by atoms with van der Waals surface area (Å²) in [5, 5.41) is 3.06. The van der Waals surface area contributed by atoms with Gasteiger partial charge in [-0.15, -0.1) is 37.1 Å². The minimum Gasteiger partial charge on any atom is -0.406 e. The Bertz CT molecular complexity index is 531. The van der Waals surface area contributed by atoms with Crippen LogP contribution in [0.4, 0.5) is 13.2 Å². The van der Waals surface area contributed by atoms with Crippen LogP contribution in [0.15, 0.2) is 29.3 Å². The highest BCUT2D eigenvalue weighted by Crippen LogP contribution is 2.22. The van der Waals surface area contributed by atoms with E-state index in [0.717, 1.165) is 31.7 Å². The van der Waals surface area contributed by atoms with Crippen molar-refractivity contribution in [1.29, 1.82) is 0 Å². The van der Waals surface area contributed by atoms with Gasteiger partial charge < -0.3 is 20.7 Å². The number of ether oxygens (including phenoxy) is 1. The number of nitrogens with one attached hydrogen (secondary N) is 1. The molecule has 142 valence electrons. The number of hydrogen-bond donors (Lipinski definition) is 2. The van der Waals surface area contributed by atoms with E-state index in [1.807, 2.05) is 0 Å². The molecule has 1 aromatic rings. The molecular weight excluding hydrogens is 448 g/mol. The van der Waals surface area contributed by atoms with Crippen LogP contribution in [0.2, 0.25) is 0 Å². The molecule has 1 fully saturated rings. The standard InChI is InChI=1S/C16H23F3N4O.HI/c17-16(18,19)24-14-6-4-13(5-7-14)12-22-15(20)21-8-11-23-9-2-1-3-10-23;/h4-7H,1-3,8-12H2,(H3,20,21,22);1H. The molecule has 5 nitrogen and oxygen atoms in total.